The molecular formula is C10H13F2NOS. The lowest BCUT2D eigenvalue weighted by molar-refractivity contribution is 0.507. The predicted octanol–water partition coefficient (Wildman–Crippen LogP) is 1.56. The Morgan fingerprint density at radius 3 is 2.60 bits per heavy atom. The Bertz CT molecular complexity index is 357. The number of nitrogens with two attached hydrogens (primary N) is 1. The number of halogens is 2. The molecule has 1 aromatic carbocycles. The molecule has 84 valence electrons. The molecule has 1 rings (SSSR count). The van der Waals surface area contributed by atoms with E-state index in [1.54, 1.807) is 0 Å². The molecular weight excluding hydrogens is 220 g/mol. The van der Waals surface area contributed by atoms with Gasteiger partial charge in [0.05, 0.1) is 0 Å². The van der Waals surface area contributed by atoms with Crippen LogP contribution >= 0.6 is 0 Å². The lowest BCUT2D eigenvalue weighted by Gasteiger charge is -2.02. The minimum absolute atomic E-state index is 0.247. The van der Waals surface area contributed by atoms with Crippen LogP contribution in [0.3, 0.4) is 0 Å². The second-order valence-electron chi connectivity index (χ2n) is 3.18. The first kappa shape index (κ1) is 12.3. The zero-order chi connectivity index (χ0) is 11.3. The van der Waals surface area contributed by atoms with Crippen molar-refractivity contribution in [1.82, 2.24) is 0 Å². The van der Waals surface area contributed by atoms with Crippen LogP contribution in [0.4, 0.5) is 8.78 Å². The van der Waals surface area contributed by atoms with Crippen molar-refractivity contribution < 1.29 is 13.0 Å². The van der Waals surface area contributed by atoms with Gasteiger partial charge in [0.1, 0.15) is 0 Å². The highest BCUT2D eigenvalue weighted by Gasteiger charge is 2.05. The maximum absolute atomic E-state index is 12.8. The molecule has 5 heteroatoms. The Labute approximate surface area is 89.9 Å². The van der Waals surface area contributed by atoms with Gasteiger partial charge in [-0.3, -0.25) is 4.21 Å². The van der Waals surface area contributed by atoms with E-state index < -0.39 is 22.4 Å². The van der Waals surface area contributed by atoms with Crippen molar-refractivity contribution in [2.24, 2.45) is 5.73 Å². The second kappa shape index (κ2) is 5.92. The smallest absolute Gasteiger partial charge is 0.159 e. The molecule has 0 radical (unpaired) electrons. The minimum Gasteiger partial charge on any atom is -0.330 e. The van der Waals surface area contributed by atoms with Crippen molar-refractivity contribution in [1.29, 1.82) is 0 Å². The van der Waals surface area contributed by atoms with Gasteiger partial charge < -0.3 is 5.73 Å². The van der Waals surface area contributed by atoms with Crippen molar-refractivity contribution in [3.8, 4) is 0 Å². The first-order valence-corrected chi connectivity index (χ1v) is 6.11. The van der Waals surface area contributed by atoms with E-state index in [2.05, 4.69) is 0 Å². The molecule has 0 spiro atoms. The Kier molecular flexibility index (Phi) is 4.84. The number of hydrogen-bond acceptors (Lipinski definition) is 2. The quantitative estimate of drug-likeness (QED) is 0.838. The van der Waals surface area contributed by atoms with Crippen LogP contribution in [-0.4, -0.2) is 16.5 Å². The summed E-state index contributed by atoms with van der Waals surface area (Å²) in [5.41, 5.74) is 5.82. The van der Waals surface area contributed by atoms with E-state index >= 15 is 0 Å². The molecule has 0 aliphatic rings. The monoisotopic (exact) mass is 233 g/mol. The molecule has 1 unspecified atom stereocenters. The minimum atomic E-state index is -1.05. The van der Waals surface area contributed by atoms with Gasteiger partial charge in [-0.05, 0) is 30.7 Å². The molecule has 0 heterocycles. The summed E-state index contributed by atoms with van der Waals surface area (Å²) in [4.78, 5) is 0. The highest BCUT2D eigenvalue weighted by molar-refractivity contribution is 7.84. The molecule has 0 saturated heterocycles. The van der Waals surface area contributed by atoms with Gasteiger partial charge in [-0.1, -0.05) is 6.07 Å². The number of hydrogen-bond donors (Lipinski definition) is 1. The van der Waals surface area contributed by atoms with Gasteiger partial charge in [-0.2, -0.15) is 0 Å². The maximum Gasteiger partial charge on any atom is 0.159 e. The van der Waals surface area contributed by atoms with E-state index in [9.17, 15) is 13.0 Å². The van der Waals surface area contributed by atoms with Gasteiger partial charge in [0.25, 0.3) is 0 Å². The molecule has 1 aromatic rings. The highest BCUT2D eigenvalue weighted by atomic mass is 32.2. The largest absolute Gasteiger partial charge is 0.330 e. The number of rotatable bonds is 5. The average molecular weight is 233 g/mol. The van der Waals surface area contributed by atoms with Crippen LogP contribution < -0.4 is 5.73 Å². The van der Waals surface area contributed by atoms with E-state index in [-0.39, 0.29) is 5.75 Å². The normalized spacial score (nSPS) is 12.7. The molecule has 0 aliphatic heterocycles. The molecule has 0 amide bonds. The zero-order valence-electron chi connectivity index (χ0n) is 8.21. The van der Waals surface area contributed by atoms with Gasteiger partial charge in [-0.15, -0.1) is 0 Å². The van der Waals surface area contributed by atoms with Crippen LogP contribution in [0.1, 0.15) is 12.0 Å². The Balaban J connectivity index is 2.57. The van der Waals surface area contributed by atoms with Crippen molar-refractivity contribution in [2.45, 2.75) is 12.2 Å². The molecule has 15 heavy (non-hydrogen) atoms. The third-order valence-electron chi connectivity index (χ3n) is 1.89. The average Bonchev–Trinajstić information content (AvgIpc) is 2.20. The van der Waals surface area contributed by atoms with Crippen LogP contribution in [-0.2, 0) is 16.6 Å². The SMILES string of the molecule is NCCCS(=O)Cc1ccc(F)c(F)c1. The summed E-state index contributed by atoms with van der Waals surface area (Å²) in [6.45, 7) is 0.490. The lowest BCUT2D eigenvalue weighted by Crippen LogP contribution is -2.07. The van der Waals surface area contributed by atoms with Crippen LogP contribution in [0, 0.1) is 11.6 Å². The summed E-state index contributed by atoms with van der Waals surface area (Å²) in [5, 5.41) is 0. The van der Waals surface area contributed by atoms with E-state index in [0.717, 1.165) is 12.1 Å². The van der Waals surface area contributed by atoms with E-state index in [4.69, 9.17) is 5.73 Å². The van der Waals surface area contributed by atoms with E-state index in [1.807, 2.05) is 0 Å². The molecule has 2 N–H and O–H groups in total. The molecule has 0 aliphatic carbocycles. The highest BCUT2D eigenvalue weighted by Crippen LogP contribution is 2.10. The first-order valence-electron chi connectivity index (χ1n) is 4.62. The summed E-state index contributed by atoms with van der Waals surface area (Å²) < 4.78 is 36.8. The second-order valence-corrected chi connectivity index (χ2v) is 4.76. The zero-order valence-corrected chi connectivity index (χ0v) is 9.03. The molecule has 0 saturated carbocycles. The van der Waals surface area contributed by atoms with Gasteiger partial charge in [0.2, 0.25) is 0 Å². The molecule has 1 atom stereocenters. The standard InChI is InChI=1S/C10H13F2NOS/c11-9-3-2-8(6-10(9)12)7-15(14)5-1-4-13/h2-3,6H,1,4-5,7,13H2. The van der Waals surface area contributed by atoms with Crippen molar-refractivity contribution in [3.63, 3.8) is 0 Å². The van der Waals surface area contributed by atoms with E-state index in [0.29, 0.717) is 24.3 Å². The van der Waals surface area contributed by atoms with Crippen LogP contribution in [0.25, 0.3) is 0 Å². The van der Waals surface area contributed by atoms with Crippen molar-refractivity contribution in [2.75, 3.05) is 12.3 Å². The fourth-order valence-electron chi connectivity index (χ4n) is 1.13. The summed E-state index contributed by atoms with van der Waals surface area (Å²) in [7, 11) is -1.05. The number of benzene rings is 1. The van der Waals surface area contributed by atoms with Crippen LogP contribution in [0.5, 0.6) is 0 Å². The van der Waals surface area contributed by atoms with Gasteiger partial charge in [-0.25, -0.2) is 8.78 Å². The van der Waals surface area contributed by atoms with E-state index in [1.165, 1.54) is 6.07 Å². The molecule has 2 nitrogen and oxygen atoms in total. The fourth-order valence-corrected chi connectivity index (χ4v) is 2.32. The van der Waals surface area contributed by atoms with Gasteiger partial charge >= 0.3 is 0 Å². The molecule has 0 fully saturated rings. The van der Waals surface area contributed by atoms with Crippen LogP contribution in [0.2, 0.25) is 0 Å². The predicted molar refractivity (Wildman–Crippen MR) is 56.7 cm³/mol. The third kappa shape index (κ3) is 4.05. The first-order chi connectivity index (χ1) is 7.13. The van der Waals surface area contributed by atoms with Gasteiger partial charge in [0.15, 0.2) is 11.6 Å². The summed E-state index contributed by atoms with van der Waals surface area (Å²) in [5.74, 6) is -1.04. The van der Waals surface area contributed by atoms with Crippen molar-refractivity contribution in [3.05, 3.63) is 35.4 Å². The molecule has 0 bridgehead atoms. The van der Waals surface area contributed by atoms with Crippen LogP contribution in [0.15, 0.2) is 18.2 Å². The topological polar surface area (TPSA) is 43.1 Å². The maximum atomic E-state index is 12.8. The van der Waals surface area contributed by atoms with Gasteiger partial charge in [0, 0.05) is 22.3 Å². The fraction of sp³-hybridized carbons (Fsp3) is 0.400. The molecule has 0 aromatic heterocycles. The summed E-state index contributed by atoms with van der Waals surface area (Å²) >= 11 is 0. The Morgan fingerprint density at radius 2 is 2.00 bits per heavy atom. The van der Waals surface area contributed by atoms with Crippen molar-refractivity contribution >= 4 is 10.8 Å². The Hall–Kier alpha value is -0.810. The summed E-state index contributed by atoms with van der Waals surface area (Å²) in [6, 6.07) is 3.57. The third-order valence-corrected chi connectivity index (χ3v) is 3.29. The Morgan fingerprint density at radius 1 is 1.27 bits per heavy atom. The lowest BCUT2D eigenvalue weighted by atomic mass is 10.2. The summed E-state index contributed by atoms with van der Waals surface area (Å²) in [6.07, 6.45) is 0.677.